The Bertz CT molecular complexity index is 3000. The number of likely N-dealkylation sites (tertiary alicyclic amines) is 1. The monoisotopic (exact) mass is 1400 g/mol. The van der Waals surface area contributed by atoms with Crippen LogP contribution in [0.4, 0.5) is 0 Å². The Kier molecular flexibility index (Phi) is 39.2. The molecule has 33 heteroatoms. The molecule has 22 N–H and O–H groups in total. The number of benzene rings is 2. The van der Waals surface area contributed by atoms with Gasteiger partial charge in [-0.2, -0.15) is 0 Å². The maximum atomic E-state index is 14.3. The Labute approximate surface area is 576 Å². The van der Waals surface area contributed by atoms with Crippen molar-refractivity contribution in [3.05, 3.63) is 65.7 Å². The predicted octanol–water partition coefficient (Wildman–Crippen LogP) is -2.10. The van der Waals surface area contributed by atoms with E-state index in [1.54, 1.807) is 44.2 Å². The van der Waals surface area contributed by atoms with Crippen LogP contribution in [0.2, 0.25) is 0 Å². The molecule has 3 rings (SSSR count). The van der Waals surface area contributed by atoms with E-state index < -0.39 is 161 Å². The highest BCUT2D eigenvalue weighted by Gasteiger charge is 2.40. The molecule has 33 nitrogen and oxygen atoms in total. The number of hydrogen-bond donors (Lipinski definition) is 18. The molecule has 0 unspecified atom stereocenters. The van der Waals surface area contributed by atoms with Gasteiger partial charge in [-0.25, -0.2) is 4.79 Å². The zero-order chi connectivity index (χ0) is 74.5. The first-order chi connectivity index (χ1) is 46.8. The van der Waals surface area contributed by atoms with Crippen LogP contribution in [-0.4, -0.2) is 207 Å². The van der Waals surface area contributed by atoms with Crippen molar-refractivity contribution >= 4 is 82.9 Å². The van der Waals surface area contributed by atoms with Gasteiger partial charge in [-0.1, -0.05) is 62.7 Å². The normalized spacial score (nSPS) is 16.1. The van der Waals surface area contributed by atoms with Gasteiger partial charge in [-0.05, 0) is 154 Å². The molecule has 1 aliphatic heterocycles. The van der Waals surface area contributed by atoms with Crippen molar-refractivity contribution in [2.24, 2.45) is 28.9 Å². The Hall–Kier alpha value is -9.34. The van der Waals surface area contributed by atoms with Gasteiger partial charge in [0.2, 0.25) is 65.0 Å². The van der Waals surface area contributed by atoms with E-state index in [9.17, 15) is 72.5 Å². The van der Waals surface area contributed by atoms with Crippen LogP contribution < -0.4 is 76.1 Å². The van der Waals surface area contributed by atoms with Gasteiger partial charge in [-0.3, -0.25) is 62.3 Å². The number of unbranched alkanes of at least 4 members (excludes halogenated alkanes) is 3. The van der Waals surface area contributed by atoms with Gasteiger partial charge in [0, 0.05) is 32.7 Å². The molecule has 13 atom stereocenters. The molecule has 0 saturated carbocycles. The number of carbonyl (C=O) groups is 14. The van der Waals surface area contributed by atoms with Gasteiger partial charge in [0.05, 0.1) is 6.04 Å². The molecular weight excluding hydrogens is 1290 g/mol. The highest BCUT2D eigenvalue weighted by atomic mass is 16.4. The second kappa shape index (κ2) is 45.3. The lowest BCUT2D eigenvalue weighted by atomic mass is 9.96. The van der Waals surface area contributed by atoms with Gasteiger partial charge >= 0.3 is 11.9 Å². The number of phenolic OH excluding ortho intramolecular Hbond substituents is 1. The molecule has 0 bridgehead atoms. The summed E-state index contributed by atoms with van der Waals surface area (Å²) in [5, 5.41) is 62.3. The Balaban J connectivity index is 0.00000809. The molecule has 0 spiro atoms. The van der Waals surface area contributed by atoms with Gasteiger partial charge in [0.25, 0.3) is 5.97 Å². The van der Waals surface area contributed by atoms with Crippen molar-refractivity contribution in [1.29, 1.82) is 0 Å². The first kappa shape index (κ1) is 85.7. The fraction of sp³-hybridized carbons (Fsp3) is 0.606. The van der Waals surface area contributed by atoms with Crippen LogP contribution in [0.1, 0.15) is 149 Å². The van der Waals surface area contributed by atoms with Crippen LogP contribution in [0.15, 0.2) is 54.6 Å². The number of carbonyl (C=O) groups excluding carboxylic acids is 11. The number of carboxylic acids is 3. The maximum Gasteiger partial charge on any atom is 0.326 e. The van der Waals surface area contributed by atoms with Gasteiger partial charge in [0.1, 0.15) is 72.2 Å². The standard InChI is InChI=1S/C64H101N15O16.C2H4O2/c1-7-36(2)52(78-55(85)39(5)69-56(86)44(68)28-29-51(81)82)62(92)77-49(35-42-24-26-43(80)27-25-42)60(90)70-37(3)53(83)72-40(6)63(93)79-33-17-23-50(79)61(91)76-48(34-41-18-9-8-10-19-41)59(89)71-38(4)54(84)73-45(20-11-14-30-65)57(87)74-46(21-12-15-31-66)58(88)75-47(64(94)95)22-13-16-32-67;1-2(3)4/h8-10,18-19,24-27,36-40,44-50,52,80H,7,11-17,20-23,28-35,65-68H2,1-6H3,(H,69,86)(H,70,90)(H,71,89)(H,72,83)(H,73,84)(H,74,87)(H,75,88)(H,76,91)(H,77,92)(H,78,85)(H,81,82)(H,94,95);1H3,(H,3,4)/t36-,37-,38-,39-,40-,44-,45-,46-,47-,48-,49-,50-,52-;/m0./s1. The van der Waals surface area contributed by atoms with E-state index >= 15 is 0 Å². The fourth-order valence-corrected chi connectivity index (χ4v) is 10.3. The molecule has 99 heavy (non-hydrogen) atoms. The lowest BCUT2D eigenvalue weighted by Gasteiger charge is -2.30. The summed E-state index contributed by atoms with van der Waals surface area (Å²) >= 11 is 0. The third-order valence-corrected chi connectivity index (χ3v) is 16.3. The van der Waals surface area contributed by atoms with Crippen molar-refractivity contribution in [3.63, 3.8) is 0 Å². The number of nitrogens with zero attached hydrogens (tertiary/aromatic N) is 1. The molecule has 0 aromatic heterocycles. The summed E-state index contributed by atoms with van der Waals surface area (Å²) in [4.78, 5) is 186. The largest absolute Gasteiger partial charge is 0.508 e. The van der Waals surface area contributed by atoms with Crippen molar-refractivity contribution in [2.75, 3.05) is 26.2 Å². The highest BCUT2D eigenvalue weighted by Crippen LogP contribution is 2.20. The minimum absolute atomic E-state index is 0.0680. The first-order valence-corrected chi connectivity index (χ1v) is 33.4. The SMILES string of the molecule is CC(=O)O.CC[C@H](C)[C@H](NC(=O)[C@H](C)NC(=O)[C@@H](N)CCC(=O)O)C(=O)N[C@@H](Cc1ccc(O)cc1)C(=O)N[C@@H](C)C(=O)N[C@@H](C)C(=O)N1CCC[C@H]1C(=O)N[C@@H](Cc1ccccc1)C(=O)N[C@@H](C)C(=O)N[C@@H](CCCCN)C(=O)N[C@@H](CCCCN)C(=O)N[C@@H](CCCCN)C(=O)O. The Morgan fingerprint density at radius 3 is 1.36 bits per heavy atom. The molecule has 1 fully saturated rings. The number of carboxylic acid groups (broad SMARTS) is 3. The predicted molar refractivity (Wildman–Crippen MR) is 363 cm³/mol. The molecule has 0 radical (unpaired) electrons. The number of amides is 11. The Morgan fingerprint density at radius 1 is 0.485 bits per heavy atom. The van der Waals surface area contributed by atoms with Gasteiger partial charge < -0.3 is 101 Å². The van der Waals surface area contributed by atoms with E-state index in [2.05, 4.69) is 53.2 Å². The van der Waals surface area contributed by atoms with E-state index in [0.717, 1.165) is 6.92 Å². The average Bonchev–Trinajstić information content (AvgIpc) is 1.80. The summed E-state index contributed by atoms with van der Waals surface area (Å²) in [6.45, 7) is 10.9. The van der Waals surface area contributed by atoms with E-state index in [4.69, 9.17) is 37.9 Å². The number of aromatic hydroxyl groups is 1. The number of phenols is 1. The molecule has 2 aromatic carbocycles. The lowest BCUT2D eigenvalue weighted by molar-refractivity contribution is -0.142. The average molecular weight is 1400 g/mol. The Morgan fingerprint density at radius 2 is 0.889 bits per heavy atom. The lowest BCUT2D eigenvalue weighted by Crippen LogP contribution is -2.60. The number of aliphatic carboxylic acids is 3. The van der Waals surface area contributed by atoms with E-state index in [-0.39, 0.29) is 70.2 Å². The summed E-state index contributed by atoms with van der Waals surface area (Å²) in [6.07, 6.45) is 3.07. The third kappa shape index (κ3) is 31.8. The van der Waals surface area contributed by atoms with Crippen molar-refractivity contribution in [1.82, 2.24) is 58.1 Å². The first-order valence-electron chi connectivity index (χ1n) is 33.4. The molecular formula is C66H105N15O18. The van der Waals surface area contributed by atoms with Crippen molar-refractivity contribution < 1.29 is 87.5 Å². The molecule has 552 valence electrons. The van der Waals surface area contributed by atoms with Crippen LogP contribution in [0.5, 0.6) is 5.75 Å². The van der Waals surface area contributed by atoms with Crippen LogP contribution in [0, 0.1) is 5.92 Å². The number of nitrogens with two attached hydrogens (primary N) is 4. The zero-order valence-electron chi connectivity index (χ0n) is 57.6. The molecule has 2 aromatic rings. The van der Waals surface area contributed by atoms with E-state index in [1.807, 2.05) is 0 Å². The third-order valence-electron chi connectivity index (χ3n) is 16.3. The second-order valence-corrected chi connectivity index (χ2v) is 24.6. The van der Waals surface area contributed by atoms with Crippen LogP contribution in [-0.2, 0) is 80.0 Å². The molecule has 11 amide bonds. The quantitative estimate of drug-likeness (QED) is 0.0316. The fourth-order valence-electron chi connectivity index (χ4n) is 10.3. The summed E-state index contributed by atoms with van der Waals surface area (Å²) in [6, 6.07) is -0.788. The smallest absolute Gasteiger partial charge is 0.326 e. The minimum Gasteiger partial charge on any atom is -0.508 e. The van der Waals surface area contributed by atoms with Crippen LogP contribution in [0.3, 0.4) is 0 Å². The van der Waals surface area contributed by atoms with Crippen molar-refractivity contribution in [3.8, 4) is 5.75 Å². The number of rotatable bonds is 43. The summed E-state index contributed by atoms with van der Waals surface area (Å²) in [7, 11) is 0. The van der Waals surface area contributed by atoms with E-state index in [1.165, 1.54) is 56.9 Å². The topological polar surface area (TPSA) is 548 Å². The summed E-state index contributed by atoms with van der Waals surface area (Å²) in [5.41, 5.74) is 23.9. The maximum absolute atomic E-state index is 14.3. The van der Waals surface area contributed by atoms with Crippen LogP contribution >= 0.6 is 0 Å². The zero-order valence-corrected chi connectivity index (χ0v) is 57.6. The molecule has 1 saturated heterocycles. The van der Waals surface area contributed by atoms with Crippen molar-refractivity contribution in [2.45, 2.75) is 224 Å². The van der Waals surface area contributed by atoms with E-state index in [0.29, 0.717) is 75.6 Å². The number of hydrogen-bond acceptors (Lipinski definition) is 19. The summed E-state index contributed by atoms with van der Waals surface area (Å²) in [5.74, 6) is -12.4. The van der Waals surface area contributed by atoms with Crippen LogP contribution in [0.25, 0.3) is 0 Å². The molecule has 1 aliphatic rings. The number of nitrogens with one attached hydrogen (secondary N) is 10. The molecule has 0 aliphatic carbocycles. The minimum atomic E-state index is -1.40. The van der Waals surface area contributed by atoms with Gasteiger partial charge in [0.15, 0.2) is 0 Å². The second-order valence-electron chi connectivity index (χ2n) is 24.6. The van der Waals surface area contributed by atoms with Gasteiger partial charge in [-0.15, -0.1) is 0 Å². The molecule has 1 heterocycles. The highest BCUT2D eigenvalue weighted by molar-refractivity contribution is 5.99. The summed E-state index contributed by atoms with van der Waals surface area (Å²) < 4.78 is 0.